The minimum atomic E-state index is -4.50. The van der Waals surface area contributed by atoms with Crippen molar-refractivity contribution in [1.82, 2.24) is 9.38 Å². The first-order valence-corrected chi connectivity index (χ1v) is 6.75. The van der Waals surface area contributed by atoms with E-state index >= 15 is 0 Å². The summed E-state index contributed by atoms with van der Waals surface area (Å²) in [5.74, 6) is -0.701. The van der Waals surface area contributed by atoms with Crippen LogP contribution in [0.3, 0.4) is 0 Å². The molecule has 2 heterocycles. The van der Waals surface area contributed by atoms with E-state index in [1.165, 1.54) is 13.2 Å². The minimum absolute atomic E-state index is 0.0326. The molecule has 5 nitrogen and oxygen atoms in total. The molecule has 22 heavy (non-hydrogen) atoms. The number of fused-ring (bicyclic) bond motifs is 3. The van der Waals surface area contributed by atoms with Crippen LogP contribution in [0.2, 0.25) is 0 Å². The molecule has 0 atom stereocenters. The number of halogens is 3. The zero-order chi connectivity index (χ0) is 16.1. The topological polar surface area (TPSA) is 60.7 Å². The van der Waals surface area contributed by atoms with Gasteiger partial charge in [-0.25, -0.2) is 9.78 Å². The molecule has 0 amide bonds. The van der Waals surface area contributed by atoms with Crippen LogP contribution in [-0.2, 0) is 10.9 Å². The van der Waals surface area contributed by atoms with Gasteiger partial charge in [-0.3, -0.25) is 9.20 Å². The van der Waals surface area contributed by atoms with E-state index < -0.39 is 23.3 Å². The predicted molar refractivity (Wildman–Crippen MR) is 73.2 cm³/mol. The van der Waals surface area contributed by atoms with Crippen molar-refractivity contribution in [2.75, 3.05) is 7.11 Å². The van der Waals surface area contributed by atoms with Crippen LogP contribution in [0, 0.1) is 0 Å². The maximum absolute atomic E-state index is 12.7. The number of hydrogen-bond acceptors (Lipinski definition) is 5. The highest BCUT2D eigenvalue weighted by Gasteiger charge is 2.31. The summed E-state index contributed by atoms with van der Waals surface area (Å²) in [7, 11) is 1.17. The Morgan fingerprint density at radius 2 is 2.05 bits per heavy atom. The van der Waals surface area contributed by atoms with Crippen LogP contribution in [-0.4, -0.2) is 22.5 Å². The van der Waals surface area contributed by atoms with Gasteiger partial charge < -0.3 is 4.74 Å². The highest BCUT2D eigenvalue weighted by atomic mass is 32.1. The normalized spacial score (nSPS) is 12.0. The van der Waals surface area contributed by atoms with Gasteiger partial charge in [-0.15, -0.1) is 0 Å². The maximum atomic E-state index is 12.7. The Labute approximate surface area is 124 Å². The van der Waals surface area contributed by atoms with Crippen LogP contribution >= 0.6 is 11.3 Å². The highest BCUT2D eigenvalue weighted by molar-refractivity contribution is 7.18. The van der Waals surface area contributed by atoms with Crippen LogP contribution in [0.25, 0.3) is 16.0 Å². The zero-order valence-electron chi connectivity index (χ0n) is 11.0. The van der Waals surface area contributed by atoms with Gasteiger partial charge in [0.05, 0.1) is 23.7 Å². The van der Waals surface area contributed by atoms with Gasteiger partial charge >= 0.3 is 12.1 Å². The Hall–Kier alpha value is -2.42. The van der Waals surface area contributed by atoms with Crippen molar-refractivity contribution < 1.29 is 22.7 Å². The van der Waals surface area contributed by atoms with Crippen molar-refractivity contribution in [2.24, 2.45) is 0 Å². The number of carbonyl (C=O) groups excluding carboxylic acids is 1. The molecule has 0 bridgehead atoms. The fraction of sp³-hybridized carbons (Fsp3) is 0.154. The lowest BCUT2D eigenvalue weighted by atomic mass is 10.2. The van der Waals surface area contributed by atoms with Crippen molar-refractivity contribution in [3.8, 4) is 0 Å². The van der Waals surface area contributed by atoms with E-state index in [1.54, 1.807) is 0 Å². The van der Waals surface area contributed by atoms with Gasteiger partial charge in [0.15, 0.2) is 4.96 Å². The number of rotatable bonds is 1. The molecule has 1 aromatic carbocycles. The van der Waals surface area contributed by atoms with Crippen LogP contribution in [0.15, 0.2) is 29.1 Å². The summed E-state index contributed by atoms with van der Waals surface area (Å²) in [6.07, 6.45) is -4.50. The molecule has 0 saturated heterocycles. The van der Waals surface area contributed by atoms with Gasteiger partial charge in [0.25, 0.3) is 5.56 Å². The molecule has 3 aromatic rings. The third kappa shape index (κ3) is 2.23. The first-order valence-electron chi connectivity index (χ1n) is 5.93. The smallest absolute Gasteiger partial charge is 0.416 e. The van der Waals surface area contributed by atoms with Gasteiger partial charge in [-0.1, -0.05) is 11.3 Å². The number of esters is 1. The number of benzene rings is 1. The number of alkyl halides is 3. The van der Waals surface area contributed by atoms with E-state index in [-0.39, 0.29) is 20.9 Å². The fourth-order valence-corrected chi connectivity index (χ4v) is 2.97. The zero-order valence-corrected chi connectivity index (χ0v) is 11.8. The Bertz CT molecular complexity index is 959. The molecule has 0 radical (unpaired) electrons. The van der Waals surface area contributed by atoms with E-state index in [0.717, 1.165) is 33.9 Å². The number of nitrogens with zero attached hydrogens (tertiary/aromatic N) is 2. The van der Waals surface area contributed by atoms with Gasteiger partial charge in [0.2, 0.25) is 0 Å². The summed E-state index contributed by atoms with van der Waals surface area (Å²) in [6, 6.07) is 4.01. The summed E-state index contributed by atoms with van der Waals surface area (Å²) in [5.41, 5.74) is -1.13. The van der Waals surface area contributed by atoms with Gasteiger partial charge in [0.1, 0.15) is 4.88 Å². The molecule has 0 fully saturated rings. The summed E-state index contributed by atoms with van der Waals surface area (Å²) >= 11 is 0.869. The van der Waals surface area contributed by atoms with E-state index in [0.29, 0.717) is 0 Å². The number of carbonyl (C=O) groups is 1. The second kappa shape index (κ2) is 4.80. The standard InChI is InChI=1S/C13H7F3N2O3S/c1-21-11(20)9-5-10(19)18-8-3-2-6(13(14,15)16)4-7(8)17-12(18)22-9/h2-5H,1H3. The number of ether oxygens (including phenoxy) is 1. The molecule has 0 aliphatic carbocycles. The highest BCUT2D eigenvalue weighted by Crippen LogP contribution is 2.31. The monoisotopic (exact) mass is 328 g/mol. The van der Waals surface area contributed by atoms with Crippen LogP contribution in [0.4, 0.5) is 13.2 Å². The number of methoxy groups -OCH3 is 1. The Balaban J connectivity index is 2.31. The molecule has 0 saturated carbocycles. The molecule has 0 aliphatic rings. The molecule has 114 valence electrons. The van der Waals surface area contributed by atoms with Crippen LogP contribution in [0.1, 0.15) is 15.2 Å². The molecular weight excluding hydrogens is 321 g/mol. The van der Waals surface area contributed by atoms with Crippen LogP contribution in [0.5, 0.6) is 0 Å². The predicted octanol–water partition coefficient (Wildman–Crippen LogP) is 2.71. The van der Waals surface area contributed by atoms with Crippen molar-refractivity contribution in [2.45, 2.75) is 6.18 Å². The van der Waals surface area contributed by atoms with E-state index in [2.05, 4.69) is 9.72 Å². The van der Waals surface area contributed by atoms with E-state index in [9.17, 15) is 22.8 Å². The van der Waals surface area contributed by atoms with Crippen molar-refractivity contribution in [1.29, 1.82) is 0 Å². The molecule has 0 unspecified atom stereocenters. The third-order valence-electron chi connectivity index (χ3n) is 3.01. The van der Waals surface area contributed by atoms with Crippen molar-refractivity contribution in [3.05, 3.63) is 45.1 Å². The quantitative estimate of drug-likeness (QED) is 0.645. The minimum Gasteiger partial charge on any atom is -0.465 e. The Kier molecular flexibility index (Phi) is 3.17. The average molecular weight is 328 g/mol. The molecule has 0 aliphatic heterocycles. The summed E-state index contributed by atoms with van der Waals surface area (Å²) in [5, 5.41) is 0. The second-order valence-corrected chi connectivity index (χ2v) is 5.38. The van der Waals surface area contributed by atoms with E-state index in [1.807, 2.05) is 0 Å². The number of aromatic nitrogens is 2. The van der Waals surface area contributed by atoms with Gasteiger partial charge in [-0.2, -0.15) is 13.2 Å². The first-order chi connectivity index (χ1) is 10.3. The Morgan fingerprint density at radius 1 is 1.32 bits per heavy atom. The Morgan fingerprint density at radius 3 is 2.68 bits per heavy atom. The van der Waals surface area contributed by atoms with Crippen LogP contribution < -0.4 is 5.56 Å². The summed E-state index contributed by atoms with van der Waals surface area (Å²) < 4.78 is 43.8. The molecule has 2 aromatic heterocycles. The maximum Gasteiger partial charge on any atom is 0.416 e. The van der Waals surface area contributed by atoms with E-state index in [4.69, 9.17) is 0 Å². The molecule has 0 N–H and O–H groups in total. The average Bonchev–Trinajstić information content (AvgIpc) is 2.83. The van der Waals surface area contributed by atoms with Crippen molar-refractivity contribution >= 4 is 33.3 Å². The lowest BCUT2D eigenvalue weighted by Gasteiger charge is -2.05. The molecule has 9 heteroatoms. The van der Waals surface area contributed by atoms with Gasteiger partial charge in [0, 0.05) is 6.07 Å². The van der Waals surface area contributed by atoms with Crippen molar-refractivity contribution in [3.63, 3.8) is 0 Å². The molecule has 0 spiro atoms. The summed E-state index contributed by atoms with van der Waals surface area (Å²) in [6.45, 7) is 0. The second-order valence-electron chi connectivity index (χ2n) is 4.37. The summed E-state index contributed by atoms with van der Waals surface area (Å²) in [4.78, 5) is 27.7. The number of hydrogen-bond donors (Lipinski definition) is 0. The fourth-order valence-electron chi connectivity index (χ4n) is 2.02. The SMILES string of the molecule is COC(=O)c1cc(=O)n2c(nc3cc(C(F)(F)F)ccc32)s1. The lowest BCUT2D eigenvalue weighted by Crippen LogP contribution is -2.13. The largest absolute Gasteiger partial charge is 0.465 e. The third-order valence-corrected chi connectivity index (χ3v) is 3.97. The number of imidazole rings is 1. The molecule has 3 rings (SSSR count). The lowest BCUT2D eigenvalue weighted by molar-refractivity contribution is -0.137. The van der Waals surface area contributed by atoms with Gasteiger partial charge in [-0.05, 0) is 18.2 Å². The first kappa shape index (κ1) is 14.5. The molecular formula is C13H7F3N2O3S.